The van der Waals surface area contributed by atoms with Crippen molar-refractivity contribution in [1.82, 2.24) is 15.5 Å². The second-order valence-corrected chi connectivity index (χ2v) is 8.32. The second-order valence-electron chi connectivity index (χ2n) is 6.34. The Bertz CT molecular complexity index is 831. The van der Waals surface area contributed by atoms with Gasteiger partial charge >= 0.3 is 0 Å². The molecule has 1 saturated heterocycles. The van der Waals surface area contributed by atoms with Crippen LogP contribution in [0.3, 0.4) is 0 Å². The quantitative estimate of drug-likeness (QED) is 0.727. The SMILES string of the molecule is O=C(NCc1cccs1)C1CCCN(c2ccc(-c3cccs3)nn2)C1. The van der Waals surface area contributed by atoms with Crippen LogP contribution in [-0.2, 0) is 11.3 Å². The lowest BCUT2D eigenvalue weighted by Crippen LogP contribution is -2.43. The first-order valence-electron chi connectivity index (χ1n) is 8.72. The lowest BCUT2D eigenvalue weighted by Gasteiger charge is -2.32. The van der Waals surface area contributed by atoms with E-state index in [0.29, 0.717) is 13.1 Å². The van der Waals surface area contributed by atoms with E-state index < -0.39 is 0 Å². The third-order valence-electron chi connectivity index (χ3n) is 4.56. The lowest BCUT2D eigenvalue weighted by molar-refractivity contribution is -0.125. The van der Waals surface area contributed by atoms with Gasteiger partial charge < -0.3 is 10.2 Å². The fraction of sp³-hybridized carbons (Fsp3) is 0.316. The summed E-state index contributed by atoms with van der Waals surface area (Å²) in [6, 6.07) is 12.1. The molecule has 1 aliphatic heterocycles. The average Bonchev–Trinajstić information content (AvgIpc) is 3.40. The summed E-state index contributed by atoms with van der Waals surface area (Å²) < 4.78 is 0. The molecule has 4 rings (SSSR count). The molecule has 3 aromatic rings. The van der Waals surface area contributed by atoms with Crippen molar-refractivity contribution in [1.29, 1.82) is 0 Å². The van der Waals surface area contributed by atoms with Crippen LogP contribution < -0.4 is 10.2 Å². The summed E-state index contributed by atoms with van der Waals surface area (Å²) in [5.41, 5.74) is 0.894. The van der Waals surface area contributed by atoms with Crippen molar-refractivity contribution in [2.75, 3.05) is 18.0 Å². The average molecular weight is 385 g/mol. The molecule has 0 aromatic carbocycles. The minimum atomic E-state index is 0.00230. The molecule has 5 nitrogen and oxygen atoms in total. The maximum Gasteiger partial charge on any atom is 0.225 e. The number of hydrogen-bond acceptors (Lipinski definition) is 6. The fourth-order valence-electron chi connectivity index (χ4n) is 3.18. The highest BCUT2D eigenvalue weighted by atomic mass is 32.1. The number of nitrogens with one attached hydrogen (secondary N) is 1. The van der Waals surface area contributed by atoms with E-state index in [0.717, 1.165) is 35.8 Å². The smallest absolute Gasteiger partial charge is 0.225 e. The largest absolute Gasteiger partial charge is 0.354 e. The van der Waals surface area contributed by atoms with Gasteiger partial charge in [0, 0.05) is 18.0 Å². The first-order valence-corrected chi connectivity index (χ1v) is 10.5. The molecule has 0 aliphatic carbocycles. The summed E-state index contributed by atoms with van der Waals surface area (Å²) >= 11 is 3.32. The molecule has 0 radical (unpaired) electrons. The number of aromatic nitrogens is 2. The number of hydrogen-bond donors (Lipinski definition) is 1. The van der Waals surface area contributed by atoms with Crippen LogP contribution in [0.5, 0.6) is 0 Å². The minimum Gasteiger partial charge on any atom is -0.354 e. The number of nitrogens with zero attached hydrogens (tertiary/aromatic N) is 3. The Kier molecular flexibility index (Phi) is 5.26. The summed E-state index contributed by atoms with van der Waals surface area (Å²) in [5.74, 6) is 0.981. The van der Waals surface area contributed by atoms with Crippen molar-refractivity contribution < 1.29 is 4.79 Å². The van der Waals surface area contributed by atoms with Gasteiger partial charge in [0.2, 0.25) is 5.91 Å². The van der Waals surface area contributed by atoms with Crippen molar-refractivity contribution in [2.24, 2.45) is 5.92 Å². The highest BCUT2D eigenvalue weighted by Crippen LogP contribution is 2.25. The molecule has 1 amide bonds. The van der Waals surface area contributed by atoms with Crippen LogP contribution in [0.4, 0.5) is 5.82 Å². The number of amides is 1. The molecule has 1 aliphatic rings. The van der Waals surface area contributed by atoms with E-state index >= 15 is 0 Å². The normalized spacial score (nSPS) is 17.2. The molecule has 3 aromatic heterocycles. The van der Waals surface area contributed by atoms with Gasteiger partial charge in [0.15, 0.2) is 5.82 Å². The minimum absolute atomic E-state index is 0.00230. The maximum absolute atomic E-state index is 12.5. The molecule has 0 bridgehead atoms. The predicted octanol–water partition coefficient (Wildman–Crippen LogP) is 3.80. The van der Waals surface area contributed by atoms with E-state index in [9.17, 15) is 4.79 Å². The van der Waals surface area contributed by atoms with Gasteiger partial charge in [0.1, 0.15) is 5.69 Å². The molecule has 7 heteroatoms. The monoisotopic (exact) mass is 384 g/mol. The van der Waals surface area contributed by atoms with Gasteiger partial charge in [-0.25, -0.2) is 0 Å². The molecule has 0 saturated carbocycles. The Balaban J connectivity index is 1.37. The third kappa shape index (κ3) is 3.94. The summed E-state index contributed by atoms with van der Waals surface area (Å²) in [6.07, 6.45) is 1.92. The molecule has 1 unspecified atom stereocenters. The highest BCUT2D eigenvalue weighted by Gasteiger charge is 2.26. The van der Waals surface area contributed by atoms with E-state index in [1.807, 2.05) is 47.2 Å². The summed E-state index contributed by atoms with van der Waals surface area (Å²) in [4.78, 5) is 17.0. The van der Waals surface area contributed by atoms with E-state index in [1.54, 1.807) is 22.7 Å². The topological polar surface area (TPSA) is 58.1 Å². The predicted molar refractivity (Wildman–Crippen MR) is 106 cm³/mol. The zero-order valence-corrected chi connectivity index (χ0v) is 15.9. The van der Waals surface area contributed by atoms with E-state index in [1.165, 1.54) is 4.88 Å². The molecule has 0 spiro atoms. The van der Waals surface area contributed by atoms with Crippen LogP contribution in [0.25, 0.3) is 10.6 Å². The molecule has 1 N–H and O–H groups in total. The second kappa shape index (κ2) is 7.97. The van der Waals surface area contributed by atoms with Crippen LogP contribution in [0.15, 0.2) is 47.2 Å². The Morgan fingerprint density at radius 1 is 1.15 bits per heavy atom. The number of piperidine rings is 1. The summed E-state index contributed by atoms with van der Waals surface area (Å²) in [6.45, 7) is 2.23. The Labute approximate surface area is 160 Å². The van der Waals surface area contributed by atoms with Gasteiger partial charge in [-0.05, 0) is 47.9 Å². The molecule has 1 fully saturated rings. The summed E-state index contributed by atoms with van der Waals surface area (Å²) in [7, 11) is 0. The van der Waals surface area contributed by atoms with Crippen molar-refractivity contribution in [2.45, 2.75) is 19.4 Å². The number of thiophene rings is 2. The van der Waals surface area contributed by atoms with Gasteiger partial charge in [-0.3, -0.25) is 4.79 Å². The molecule has 1 atom stereocenters. The van der Waals surface area contributed by atoms with Crippen LogP contribution in [0.1, 0.15) is 17.7 Å². The fourth-order valence-corrected chi connectivity index (χ4v) is 4.52. The number of anilines is 1. The number of carbonyl (C=O) groups is 1. The molecular formula is C19H20N4OS2. The Hall–Kier alpha value is -2.25. The van der Waals surface area contributed by atoms with Gasteiger partial charge in [-0.15, -0.1) is 32.9 Å². The van der Waals surface area contributed by atoms with Gasteiger partial charge in [0.05, 0.1) is 17.3 Å². The Morgan fingerprint density at radius 3 is 2.77 bits per heavy atom. The van der Waals surface area contributed by atoms with Crippen LogP contribution >= 0.6 is 22.7 Å². The standard InChI is InChI=1S/C19H20N4OS2/c24-19(20-12-15-5-2-10-25-15)14-4-1-9-23(13-14)18-8-7-16(21-22-18)17-6-3-11-26-17/h2-3,5-8,10-11,14H,1,4,9,12-13H2,(H,20,24). The zero-order valence-electron chi connectivity index (χ0n) is 14.3. The number of rotatable bonds is 5. The maximum atomic E-state index is 12.5. The molecule has 134 valence electrons. The van der Waals surface area contributed by atoms with Gasteiger partial charge in [-0.2, -0.15) is 0 Å². The number of carbonyl (C=O) groups excluding carboxylic acids is 1. The molecule has 26 heavy (non-hydrogen) atoms. The first kappa shape index (κ1) is 17.2. The highest BCUT2D eigenvalue weighted by molar-refractivity contribution is 7.13. The summed E-state index contributed by atoms with van der Waals surface area (Å²) in [5, 5.41) is 15.9. The zero-order chi connectivity index (χ0) is 17.8. The van der Waals surface area contributed by atoms with Gasteiger partial charge in [-0.1, -0.05) is 12.1 Å². The van der Waals surface area contributed by atoms with Crippen molar-refractivity contribution in [3.8, 4) is 10.6 Å². The van der Waals surface area contributed by atoms with Gasteiger partial charge in [0.25, 0.3) is 0 Å². The van der Waals surface area contributed by atoms with Crippen molar-refractivity contribution in [3.05, 3.63) is 52.0 Å². The van der Waals surface area contributed by atoms with Crippen molar-refractivity contribution >= 4 is 34.4 Å². The van der Waals surface area contributed by atoms with Crippen molar-refractivity contribution in [3.63, 3.8) is 0 Å². The van der Waals surface area contributed by atoms with Crippen LogP contribution in [0.2, 0.25) is 0 Å². The first-order chi connectivity index (χ1) is 12.8. The van der Waals surface area contributed by atoms with E-state index in [2.05, 4.69) is 20.4 Å². The lowest BCUT2D eigenvalue weighted by atomic mass is 9.97. The van der Waals surface area contributed by atoms with Crippen LogP contribution in [-0.4, -0.2) is 29.2 Å². The molecular weight excluding hydrogens is 364 g/mol. The third-order valence-corrected chi connectivity index (χ3v) is 6.33. The molecule has 4 heterocycles. The Morgan fingerprint density at radius 2 is 2.04 bits per heavy atom. The van der Waals surface area contributed by atoms with E-state index in [4.69, 9.17) is 0 Å². The van der Waals surface area contributed by atoms with Crippen LogP contribution in [0, 0.1) is 5.92 Å². The van der Waals surface area contributed by atoms with E-state index in [-0.39, 0.29) is 11.8 Å².